The number of hydrogen-bond donors (Lipinski definition) is 1. The molecule has 0 amide bonds. The molecule has 0 aromatic heterocycles. The summed E-state index contributed by atoms with van der Waals surface area (Å²) in [6, 6.07) is 0.376. The third kappa shape index (κ3) is 2.86. The van der Waals surface area contributed by atoms with E-state index in [1.165, 1.54) is 0 Å². The molecule has 4 nitrogen and oxygen atoms in total. The molecule has 0 bridgehead atoms. The van der Waals surface area contributed by atoms with Crippen molar-refractivity contribution in [2.24, 2.45) is 5.92 Å². The Bertz CT molecular complexity index is 345. The summed E-state index contributed by atoms with van der Waals surface area (Å²) in [5.74, 6) is -0.116. The van der Waals surface area contributed by atoms with Gasteiger partial charge in [-0.3, -0.25) is 9.69 Å². The normalized spacial score (nSPS) is 35.6. The number of ether oxygens (including phenoxy) is 1. The van der Waals surface area contributed by atoms with Crippen LogP contribution in [0, 0.1) is 5.92 Å². The lowest BCUT2D eigenvalue weighted by molar-refractivity contribution is -0.154. The van der Waals surface area contributed by atoms with Gasteiger partial charge in [-0.2, -0.15) is 0 Å². The number of aliphatic carboxylic acids is 1. The molecule has 20 heavy (non-hydrogen) atoms. The van der Waals surface area contributed by atoms with Gasteiger partial charge in [0.2, 0.25) is 0 Å². The number of carboxylic acid groups (broad SMARTS) is 1. The Labute approximate surface area is 122 Å². The van der Waals surface area contributed by atoms with Crippen LogP contribution in [0.25, 0.3) is 0 Å². The molecule has 4 heteroatoms. The minimum absolute atomic E-state index is 0.280. The molecule has 1 N–H and O–H groups in total. The molecule has 2 saturated heterocycles. The van der Waals surface area contributed by atoms with Gasteiger partial charge >= 0.3 is 5.97 Å². The van der Waals surface area contributed by atoms with Gasteiger partial charge in [0.05, 0.1) is 6.10 Å². The molecular weight excluding hydrogens is 254 g/mol. The number of carboxylic acids is 1. The molecule has 2 heterocycles. The average molecular weight is 283 g/mol. The molecule has 2 aliphatic rings. The molecular formula is C16H29NO3. The van der Waals surface area contributed by atoms with Crippen molar-refractivity contribution in [1.82, 2.24) is 4.90 Å². The summed E-state index contributed by atoms with van der Waals surface area (Å²) >= 11 is 0. The molecule has 2 fully saturated rings. The fraction of sp³-hybridized carbons (Fsp3) is 0.938. The molecule has 2 aliphatic heterocycles. The van der Waals surface area contributed by atoms with E-state index in [1.54, 1.807) is 0 Å². The molecule has 3 unspecified atom stereocenters. The second kappa shape index (κ2) is 6.44. The monoisotopic (exact) mass is 283 g/mol. The lowest BCUT2D eigenvalue weighted by Crippen LogP contribution is -2.56. The van der Waals surface area contributed by atoms with Gasteiger partial charge in [0.15, 0.2) is 0 Å². The first-order valence-electron chi connectivity index (χ1n) is 8.13. The van der Waals surface area contributed by atoms with E-state index in [-0.39, 0.29) is 6.10 Å². The minimum atomic E-state index is -0.621. The fourth-order valence-electron chi connectivity index (χ4n) is 4.01. The van der Waals surface area contributed by atoms with Crippen LogP contribution >= 0.6 is 0 Å². The van der Waals surface area contributed by atoms with Crippen molar-refractivity contribution in [2.75, 3.05) is 13.2 Å². The van der Waals surface area contributed by atoms with Crippen LogP contribution in [0.1, 0.15) is 59.3 Å². The number of carbonyl (C=O) groups is 1. The van der Waals surface area contributed by atoms with Crippen molar-refractivity contribution in [3.05, 3.63) is 0 Å². The van der Waals surface area contributed by atoms with E-state index >= 15 is 0 Å². The standard InChI is InChI=1S/C16H29NO3/c1-4-7-16(15(18)19)8-5-9-17(16)13-6-10-20-14(11-13)12(2)3/h12-14H,4-11H2,1-3H3,(H,18,19). The van der Waals surface area contributed by atoms with Gasteiger partial charge in [-0.05, 0) is 44.6 Å². The largest absolute Gasteiger partial charge is 0.480 e. The molecule has 2 rings (SSSR count). The summed E-state index contributed by atoms with van der Waals surface area (Å²) in [4.78, 5) is 14.2. The van der Waals surface area contributed by atoms with Crippen molar-refractivity contribution in [3.63, 3.8) is 0 Å². The molecule has 116 valence electrons. The third-order valence-electron chi connectivity index (χ3n) is 5.07. The van der Waals surface area contributed by atoms with E-state index in [9.17, 15) is 9.90 Å². The quantitative estimate of drug-likeness (QED) is 0.843. The van der Waals surface area contributed by atoms with Crippen LogP contribution in [-0.4, -0.2) is 46.8 Å². The Balaban J connectivity index is 2.15. The van der Waals surface area contributed by atoms with Crippen LogP contribution in [0.3, 0.4) is 0 Å². The first-order chi connectivity index (χ1) is 9.51. The van der Waals surface area contributed by atoms with Crippen molar-refractivity contribution in [2.45, 2.75) is 77.0 Å². The van der Waals surface area contributed by atoms with Crippen LogP contribution in [-0.2, 0) is 9.53 Å². The van der Waals surface area contributed by atoms with E-state index in [0.717, 1.165) is 51.7 Å². The number of rotatable bonds is 5. The zero-order valence-corrected chi connectivity index (χ0v) is 13.1. The Morgan fingerprint density at radius 1 is 1.50 bits per heavy atom. The van der Waals surface area contributed by atoms with Gasteiger partial charge in [0, 0.05) is 12.6 Å². The maximum atomic E-state index is 11.9. The molecule has 0 aliphatic carbocycles. The van der Waals surface area contributed by atoms with Crippen molar-refractivity contribution in [3.8, 4) is 0 Å². The molecule has 0 radical (unpaired) electrons. The Kier molecular flexibility index (Phi) is 5.08. The fourth-order valence-corrected chi connectivity index (χ4v) is 4.01. The van der Waals surface area contributed by atoms with E-state index in [1.807, 2.05) is 0 Å². The van der Waals surface area contributed by atoms with Crippen LogP contribution in [0.4, 0.5) is 0 Å². The summed E-state index contributed by atoms with van der Waals surface area (Å²) < 4.78 is 5.84. The van der Waals surface area contributed by atoms with Crippen LogP contribution < -0.4 is 0 Å². The predicted octanol–water partition coefficient (Wildman–Crippen LogP) is 2.91. The second-order valence-corrected chi connectivity index (χ2v) is 6.72. The van der Waals surface area contributed by atoms with Crippen LogP contribution in [0.15, 0.2) is 0 Å². The summed E-state index contributed by atoms with van der Waals surface area (Å²) in [5, 5.41) is 9.80. The third-order valence-corrected chi connectivity index (χ3v) is 5.07. The van der Waals surface area contributed by atoms with Crippen LogP contribution in [0.2, 0.25) is 0 Å². The Morgan fingerprint density at radius 3 is 2.85 bits per heavy atom. The zero-order valence-electron chi connectivity index (χ0n) is 13.1. The maximum absolute atomic E-state index is 11.9. The predicted molar refractivity (Wildman–Crippen MR) is 78.8 cm³/mol. The molecule has 0 spiro atoms. The molecule has 0 aromatic carbocycles. The Morgan fingerprint density at radius 2 is 2.25 bits per heavy atom. The van der Waals surface area contributed by atoms with E-state index in [2.05, 4.69) is 25.7 Å². The van der Waals surface area contributed by atoms with Gasteiger partial charge < -0.3 is 9.84 Å². The summed E-state index contributed by atoms with van der Waals surface area (Å²) in [5.41, 5.74) is -0.613. The number of hydrogen-bond acceptors (Lipinski definition) is 3. The summed E-state index contributed by atoms with van der Waals surface area (Å²) in [6.07, 6.45) is 5.75. The Hall–Kier alpha value is -0.610. The van der Waals surface area contributed by atoms with E-state index in [4.69, 9.17) is 4.74 Å². The first-order valence-corrected chi connectivity index (χ1v) is 8.13. The molecule has 0 aromatic rings. The van der Waals surface area contributed by atoms with Gasteiger partial charge in [0.25, 0.3) is 0 Å². The second-order valence-electron chi connectivity index (χ2n) is 6.72. The van der Waals surface area contributed by atoms with Gasteiger partial charge in [0.1, 0.15) is 5.54 Å². The van der Waals surface area contributed by atoms with E-state index < -0.39 is 11.5 Å². The van der Waals surface area contributed by atoms with Crippen molar-refractivity contribution >= 4 is 5.97 Å². The lowest BCUT2D eigenvalue weighted by Gasteiger charge is -2.44. The van der Waals surface area contributed by atoms with E-state index in [0.29, 0.717) is 12.0 Å². The highest BCUT2D eigenvalue weighted by Crippen LogP contribution is 2.39. The van der Waals surface area contributed by atoms with Gasteiger partial charge in [-0.25, -0.2) is 0 Å². The summed E-state index contributed by atoms with van der Waals surface area (Å²) in [6.45, 7) is 8.16. The van der Waals surface area contributed by atoms with Crippen molar-refractivity contribution < 1.29 is 14.6 Å². The van der Waals surface area contributed by atoms with Gasteiger partial charge in [-0.1, -0.05) is 27.2 Å². The number of likely N-dealkylation sites (tertiary alicyclic amines) is 1. The highest BCUT2D eigenvalue weighted by Gasteiger charge is 2.50. The molecule has 0 saturated carbocycles. The first kappa shape index (κ1) is 15.8. The smallest absolute Gasteiger partial charge is 0.324 e. The molecule has 3 atom stereocenters. The SMILES string of the molecule is CCCC1(C(=O)O)CCCN1C1CCOC(C(C)C)C1. The lowest BCUT2D eigenvalue weighted by atomic mass is 9.87. The number of nitrogens with zero attached hydrogens (tertiary/aromatic N) is 1. The van der Waals surface area contributed by atoms with Gasteiger partial charge in [-0.15, -0.1) is 0 Å². The summed E-state index contributed by atoms with van der Waals surface area (Å²) in [7, 11) is 0. The zero-order chi connectivity index (χ0) is 14.8. The maximum Gasteiger partial charge on any atom is 0.324 e. The van der Waals surface area contributed by atoms with Crippen molar-refractivity contribution in [1.29, 1.82) is 0 Å². The topological polar surface area (TPSA) is 49.8 Å². The average Bonchev–Trinajstić information content (AvgIpc) is 2.84. The highest BCUT2D eigenvalue weighted by atomic mass is 16.5. The van der Waals surface area contributed by atoms with Crippen LogP contribution in [0.5, 0.6) is 0 Å². The minimum Gasteiger partial charge on any atom is -0.480 e. The highest BCUT2D eigenvalue weighted by molar-refractivity contribution is 5.79.